The second-order valence-corrected chi connectivity index (χ2v) is 7.97. The number of hydrogen-bond acceptors (Lipinski definition) is 7. The maximum atomic E-state index is 12.6. The molecule has 1 N–H and O–H groups in total. The summed E-state index contributed by atoms with van der Waals surface area (Å²) in [6.07, 6.45) is 1.68. The van der Waals surface area contributed by atoms with E-state index in [1.54, 1.807) is 38.1 Å². The van der Waals surface area contributed by atoms with E-state index in [-0.39, 0.29) is 27.1 Å². The normalized spacial score (nSPS) is 16.5. The van der Waals surface area contributed by atoms with Crippen LogP contribution >= 0.6 is 24.0 Å². The summed E-state index contributed by atoms with van der Waals surface area (Å²) in [6, 6.07) is 6.94. The summed E-state index contributed by atoms with van der Waals surface area (Å²) in [5.41, 5.74) is 0.994. The summed E-state index contributed by atoms with van der Waals surface area (Å²) in [7, 11) is 0. The number of benzene rings is 1. The van der Waals surface area contributed by atoms with E-state index in [0.717, 1.165) is 22.2 Å². The summed E-state index contributed by atoms with van der Waals surface area (Å²) < 4.78 is 5.85. The van der Waals surface area contributed by atoms with Gasteiger partial charge in [0.25, 0.3) is 11.6 Å². The molecule has 0 spiro atoms. The van der Waals surface area contributed by atoms with E-state index in [1.807, 2.05) is 0 Å². The second-order valence-electron chi connectivity index (χ2n) is 6.29. The lowest BCUT2D eigenvalue weighted by molar-refractivity contribution is -0.384. The summed E-state index contributed by atoms with van der Waals surface area (Å²) in [4.78, 5) is 36.2. The van der Waals surface area contributed by atoms with Crippen molar-refractivity contribution in [1.82, 2.24) is 4.90 Å². The quantitative estimate of drug-likeness (QED) is 0.312. The van der Waals surface area contributed by atoms with Gasteiger partial charge in [-0.05, 0) is 37.1 Å². The van der Waals surface area contributed by atoms with Gasteiger partial charge in [-0.3, -0.25) is 19.8 Å². The lowest BCUT2D eigenvalue weighted by atomic mass is 10.1. The highest BCUT2D eigenvalue weighted by Crippen LogP contribution is 2.36. The van der Waals surface area contributed by atoms with Crippen LogP contribution in [0.4, 0.5) is 5.69 Å². The zero-order valence-corrected chi connectivity index (χ0v) is 17.1. The molecule has 1 fully saturated rings. The van der Waals surface area contributed by atoms with Gasteiger partial charge in [0.2, 0.25) is 0 Å². The number of rotatable bonds is 6. The molecule has 1 saturated heterocycles. The van der Waals surface area contributed by atoms with E-state index >= 15 is 0 Å². The van der Waals surface area contributed by atoms with Gasteiger partial charge in [0.05, 0.1) is 15.4 Å². The van der Waals surface area contributed by atoms with E-state index in [9.17, 15) is 24.8 Å². The topological polar surface area (TPSA) is 114 Å². The van der Waals surface area contributed by atoms with E-state index in [0.29, 0.717) is 11.3 Å². The van der Waals surface area contributed by atoms with Crippen LogP contribution in [0.25, 0.3) is 17.4 Å². The third-order valence-corrected chi connectivity index (χ3v) is 5.65. The predicted octanol–water partition coefficient (Wildman–Crippen LogP) is 4.23. The lowest BCUT2D eigenvalue weighted by Crippen LogP contribution is -2.43. The average molecular weight is 432 g/mol. The Morgan fingerprint density at radius 3 is 2.76 bits per heavy atom. The molecule has 1 amide bonds. The van der Waals surface area contributed by atoms with Crippen molar-refractivity contribution in [2.45, 2.75) is 26.3 Å². The van der Waals surface area contributed by atoms with Crippen molar-refractivity contribution in [3.05, 3.63) is 56.7 Å². The lowest BCUT2D eigenvalue weighted by Gasteiger charge is -2.21. The highest BCUT2D eigenvalue weighted by Gasteiger charge is 2.39. The monoisotopic (exact) mass is 432 g/mol. The molecule has 10 heteroatoms. The number of nitro benzene ring substituents is 1. The largest absolute Gasteiger partial charge is 0.480 e. The number of hydrogen-bond donors (Lipinski definition) is 1. The first kappa shape index (κ1) is 20.7. The molecule has 0 bridgehead atoms. The summed E-state index contributed by atoms with van der Waals surface area (Å²) >= 11 is 6.16. The van der Waals surface area contributed by atoms with Crippen LogP contribution in [0.5, 0.6) is 0 Å². The molecule has 2 aromatic rings. The van der Waals surface area contributed by atoms with Gasteiger partial charge in [-0.1, -0.05) is 37.0 Å². The van der Waals surface area contributed by atoms with Crippen LogP contribution in [-0.2, 0) is 9.59 Å². The Morgan fingerprint density at radius 1 is 1.41 bits per heavy atom. The van der Waals surface area contributed by atoms with Crippen molar-refractivity contribution in [2.75, 3.05) is 0 Å². The number of furan rings is 1. The molecule has 1 aliphatic rings. The molecule has 29 heavy (non-hydrogen) atoms. The van der Waals surface area contributed by atoms with Gasteiger partial charge >= 0.3 is 5.97 Å². The summed E-state index contributed by atoms with van der Waals surface area (Å²) in [5.74, 6) is -1.04. The molecule has 1 aromatic heterocycles. The second kappa shape index (κ2) is 8.18. The van der Waals surface area contributed by atoms with Gasteiger partial charge in [-0.2, -0.15) is 0 Å². The fourth-order valence-electron chi connectivity index (χ4n) is 2.92. The van der Waals surface area contributed by atoms with Crippen LogP contribution in [0.3, 0.4) is 0 Å². The molecule has 8 nitrogen and oxygen atoms in total. The van der Waals surface area contributed by atoms with Crippen LogP contribution in [0.1, 0.15) is 24.7 Å². The van der Waals surface area contributed by atoms with Crippen LogP contribution < -0.4 is 0 Å². The minimum absolute atomic E-state index is 0.0792. The summed E-state index contributed by atoms with van der Waals surface area (Å²) in [5, 5.41) is 20.6. The number of carbonyl (C=O) groups is 2. The third-order valence-electron chi connectivity index (χ3n) is 4.32. The molecule has 3 rings (SSSR count). The van der Waals surface area contributed by atoms with Gasteiger partial charge in [0, 0.05) is 12.1 Å². The van der Waals surface area contributed by atoms with Crippen molar-refractivity contribution in [3.63, 3.8) is 0 Å². The Hall–Kier alpha value is -2.98. The smallest absolute Gasteiger partial charge is 0.326 e. The van der Waals surface area contributed by atoms with E-state index in [4.69, 9.17) is 16.6 Å². The minimum atomic E-state index is -1.13. The molecular formula is C19H16N2O6S2. The number of aliphatic carboxylic acids is 1. The number of thioether (sulfide) groups is 1. The van der Waals surface area contributed by atoms with Crippen molar-refractivity contribution in [1.29, 1.82) is 0 Å². The highest BCUT2D eigenvalue weighted by atomic mass is 32.2. The Morgan fingerprint density at radius 2 is 2.14 bits per heavy atom. The number of amides is 1. The van der Waals surface area contributed by atoms with Crippen molar-refractivity contribution >= 4 is 51.9 Å². The first-order valence-corrected chi connectivity index (χ1v) is 9.80. The Balaban J connectivity index is 1.92. The number of carboxylic acid groups (broad SMARTS) is 1. The van der Waals surface area contributed by atoms with E-state index in [1.165, 1.54) is 12.1 Å². The highest BCUT2D eigenvalue weighted by molar-refractivity contribution is 8.26. The van der Waals surface area contributed by atoms with Crippen molar-refractivity contribution in [2.24, 2.45) is 0 Å². The number of aryl methyl sites for hydroxylation is 1. The fraction of sp³-hybridized carbons (Fsp3) is 0.211. The molecule has 0 radical (unpaired) electrons. The standard InChI is InChI=1S/C19H16N2O6S2/c1-3-13(18(23)24)20-17(22)16(29-19(20)28)9-11-5-7-15(27-11)12-6-4-10(2)8-14(12)21(25)26/h4-9,13H,3H2,1-2H3,(H,23,24)/b16-9+/t13-/m0/s1. The van der Waals surface area contributed by atoms with Crippen LogP contribution in [0, 0.1) is 17.0 Å². The van der Waals surface area contributed by atoms with Gasteiger partial charge in [0.1, 0.15) is 21.9 Å². The van der Waals surface area contributed by atoms with Crippen molar-refractivity contribution in [3.8, 4) is 11.3 Å². The SMILES string of the molecule is CC[C@@H](C(=O)O)N1C(=O)/C(=C\c2ccc(-c3ccc(C)cc3[N+](=O)[O-])o2)SC1=S. The predicted molar refractivity (Wildman–Crippen MR) is 112 cm³/mol. The minimum Gasteiger partial charge on any atom is -0.480 e. The molecule has 0 aliphatic carbocycles. The fourth-order valence-corrected chi connectivity index (χ4v) is 4.26. The molecule has 2 heterocycles. The molecule has 150 valence electrons. The molecule has 1 aliphatic heterocycles. The van der Waals surface area contributed by atoms with Crippen LogP contribution in [0.2, 0.25) is 0 Å². The van der Waals surface area contributed by atoms with Gasteiger partial charge in [0.15, 0.2) is 0 Å². The van der Waals surface area contributed by atoms with Crippen molar-refractivity contribution < 1.29 is 24.0 Å². The molecule has 0 saturated carbocycles. The molecule has 1 aromatic carbocycles. The number of carboxylic acids is 1. The maximum Gasteiger partial charge on any atom is 0.326 e. The maximum absolute atomic E-state index is 12.6. The van der Waals surface area contributed by atoms with E-state index in [2.05, 4.69) is 0 Å². The zero-order valence-electron chi connectivity index (χ0n) is 15.4. The molecule has 1 atom stereocenters. The first-order valence-electron chi connectivity index (χ1n) is 8.58. The summed E-state index contributed by atoms with van der Waals surface area (Å²) in [6.45, 7) is 3.42. The van der Waals surface area contributed by atoms with Gasteiger partial charge in [-0.15, -0.1) is 0 Å². The zero-order chi connectivity index (χ0) is 21.3. The Labute approximate surface area is 175 Å². The van der Waals surface area contributed by atoms with Crippen LogP contribution in [0.15, 0.2) is 39.7 Å². The van der Waals surface area contributed by atoms with Gasteiger partial charge in [-0.25, -0.2) is 4.79 Å². The number of thiocarbonyl (C=S) groups is 1. The van der Waals surface area contributed by atoms with Crippen LogP contribution in [-0.4, -0.2) is 37.2 Å². The number of nitrogens with zero attached hydrogens (tertiary/aromatic N) is 2. The molecule has 0 unspecified atom stereocenters. The number of carbonyl (C=O) groups excluding carboxylic acids is 1. The third kappa shape index (κ3) is 4.08. The Bertz CT molecular complexity index is 1060. The average Bonchev–Trinajstić information content (AvgIpc) is 3.22. The molecular weight excluding hydrogens is 416 g/mol. The Kier molecular flexibility index (Phi) is 5.85. The number of nitro groups is 1. The van der Waals surface area contributed by atoms with Gasteiger partial charge < -0.3 is 9.52 Å². The first-order chi connectivity index (χ1) is 13.7. The van der Waals surface area contributed by atoms with E-state index < -0.39 is 22.8 Å².